The summed E-state index contributed by atoms with van der Waals surface area (Å²) in [7, 11) is 1.87. The number of likely N-dealkylation sites (N-methyl/N-ethyl adjacent to an activating group) is 1. The molecule has 7 heteroatoms. The molecule has 1 amide bonds. The Morgan fingerprint density at radius 1 is 1.30 bits per heavy atom. The van der Waals surface area contributed by atoms with Crippen LogP contribution in [0.4, 0.5) is 0 Å². The Labute approximate surface area is 180 Å². The summed E-state index contributed by atoms with van der Waals surface area (Å²) in [6.07, 6.45) is 3.31. The first-order valence-corrected chi connectivity index (χ1v) is 11.2. The van der Waals surface area contributed by atoms with Gasteiger partial charge in [-0.15, -0.1) is 0 Å². The van der Waals surface area contributed by atoms with Crippen LogP contribution in [0, 0.1) is 0 Å². The van der Waals surface area contributed by atoms with E-state index in [9.17, 15) is 4.79 Å². The number of likely N-dealkylation sites (tertiary alicyclic amines) is 1. The topological polar surface area (TPSA) is 78.0 Å². The second-order valence-electron chi connectivity index (χ2n) is 8.52. The summed E-state index contributed by atoms with van der Waals surface area (Å²) in [4.78, 5) is 18.5. The van der Waals surface area contributed by atoms with Crippen LogP contribution in [0.15, 0.2) is 35.3 Å². The third-order valence-electron chi connectivity index (χ3n) is 6.12. The highest BCUT2D eigenvalue weighted by molar-refractivity contribution is 5.81. The van der Waals surface area contributed by atoms with Crippen molar-refractivity contribution in [3.05, 3.63) is 35.9 Å². The molecule has 0 aromatic heterocycles. The van der Waals surface area contributed by atoms with Crippen molar-refractivity contribution in [2.24, 2.45) is 4.99 Å². The van der Waals surface area contributed by atoms with Crippen molar-refractivity contribution >= 4 is 11.9 Å². The van der Waals surface area contributed by atoms with Crippen LogP contribution >= 0.6 is 0 Å². The number of amides is 1. The van der Waals surface area contributed by atoms with Crippen LogP contribution in [0.3, 0.4) is 0 Å². The predicted octanol–water partition coefficient (Wildman–Crippen LogP) is 2.06. The van der Waals surface area contributed by atoms with Gasteiger partial charge in [-0.2, -0.15) is 0 Å². The highest BCUT2D eigenvalue weighted by Gasteiger charge is 2.34. The molecule has 3 N–H and O–H groups in total. The number of piperidine rings is 1. The lowest BCUT2D eigenvalue weighted by molar-refractivity contribution is -0.132. The summed E-state index contributed by atoms with van der Waals surface area (Å²) in [5, 5.41) is 10.8. The first-order chi connectivity index (χ1) is 14.5. The fraction of sp³-hybridized carbons (Fsp3) is 0.652. The van der Waals surface area contributed by atoms with Crippen molar-refractivity contribution in [3.8, 4) is 0 Å². The molecule has 2 aliphatic heterocycles. The SMILES string of the molecule is CCNC(=NCC1(NC(C)c2ccccc2)CCOCC1)NC1CCC(=O)N(C)C1. The van der Waals surface area contributed by atoms with Crippen LogP contribution in [-0.2, 0) is 9.53 Å². The van der Waals surface area contributed by atoms with Crippen molar-refractivity contribution < 1.29 is 9.53 Å². The quantitative estimate of drug-likeness (QED) is 0.469. The number of nitrogens with zero attached hydrogens (tertiary/aromatic N) is 2. The van der Waals surface area contributed by atoms with E-state index in [2.05, 4.69) is 60.1 Å². The van der Waals surface area contributed by atoms with Gasteiger partial charge in [-0.25, -0.2) is 0 Å². The van der Waals surface area contributed by atoms with Gasteiger partial charge in [0.25, 0.3) is 0 Å². The second kappa shape index (κ2) is 10.8. The van der Waals surface area contributed by atoms with E-state index >= 15 is 0 Å². The summed E-state index contributed by atoms with van der Waals surface area (Å²) in [5.74, 6) is 1.04. The molecule has 166 valence electrons. The number of carbonyl (C=O) groups is 1. The zero-order valence-electron chi connectivity index (χ0n) is 18.6. The Bertz CT molecular complexity index is 703. The summed E-state index contributed by atoms with van der Waals surface area (Å²) in [6, 6.07) is 11.0. The third-order valence-corrected chi connectivity index (χ3v) is 6.12. The molecular weight excluding hydrogens is 378 g/mol. The number of carbonyl (C=O) groups excluding carboxylic acids is 1. The molecule has 2 unspecified atom stereocenters. The molecule has 1 aromatic rings. The van der Waals surface area contributed by atoms with Gasteiger partial charge in [0.05, 0.1) is 6.54 Å². The van der Waals surface area contributed by atoms with E-state index in [4.69, 9.17) is 9.73 Å². The normalized spacial score (nSPS) is 23.2. The molecule has 2 atom stereocenters. The highest BCUT2D eigenvalue weighted by Crippen LogP contribution is 2.26. The molecule has 7 nitrogen and oxygen atoms in total. The lowest BCUT2D eigenvalue weighted by Crippen LogP contribution is -2.54. The monoisotopic (exact) mass is 415 g/mol. The molecule has 2 heterocycles. The highest BCUT2D eigenvalue weighted by atomic mass is 16.5. The van der Waals surface area contributed by atoms with Gasteiger partial charge in [0.1, 0.15) is 0 Å². The Morgan fingerprint density at radius 2 is 2.03 bits per heavy atom. The molecule has 30 heavy (non-hydrogen) atoms. The number of nitrogens with one attached hydrogen (secondary N) is 3. The van der Waals surface area contributed by atoms with Crippen molar-refractivity contribution in [1.29, 1.82) is 0 Å². The number of ether oxygens (including phenoxy) is 1. The third kappa shape index (κ3) is 6.19. The van der Waals surface area contributed by atoms with Crippen molar-refractivity contribution in [1.82, 2.24) is 20.9 Å². The number of hydrogen-bond acceptors (Lipinski definition) is 4. The van der Waals surface area contributed by atoms with Crippen molar-refractivity contribution in [2.75, 3.05) is 39.9 Å². The first-order valence-electron chi connectivity index (χ1n) is 11.2. The Kier molecular flexibility index (Phi) is 8.10. The van der Waals surface area contributed by atoms with Crippen LogP contribution in [-0.4, -0.2) is 68.2 Å². The number of aliphatic imine (C=N–C) groups is 1. The molecule has 2 aliphatic rings. The van der Waals surface area contributed by atoms with Gasteiger partial charge >= 0.3 is 0 Å². The number of rotatable bonds is 7. The smallest absolute Gasteiger partial charge is 0.222 e. The van der Waals surface area contributed by atoms with Gasteiger partial charge < -0.3 is 25.6 Å². The molecule has 0 radical (unpaired) electrons. The van der Waals surface area contributed by atoms with Gasteiger partial charge in [-0.1, -0.05) is 30.3 Å². The van der Waals surface area contributed by atoms with Crippen LogP contribution in [0.2, 0.25) is 0 Å². The molecule has 0 saturated carbocycles. The summed E-state index contributed by atoms with van der Waals surface area (Å²) >= 11 is 0. The minimum atomic E-state index is -0.0881. The zero-order chi connectivity index (χ0) is 21.4. The predicted molar refractivity (Wildman–Crippen MR) is 121 cm³/mol. The van der Waals surface area contributed by atoms with Gasteiger partial charge in [-0.3, -0.25) is 9.79 Å². The van der Waals surface area contributed by atoms with Crippen molar-refractivity contribution in [2.45, 2.75) is 57.2 Å². The van der Waals surface area contributed by atoms with E-state index in [1.54, 1.807) is 4.90 Å². The zero-order valence-corrected chi connectivity index (χ0v) is 18.6. The molecular formula is C23H37N5O2. The van der Waals surface area contributed by atoms with E-state index in [1.807, 2.05) is 7.05 Å². The molecule has 3 rings (SSSR count). The minimum Gasteiger partial charge on any atom is -0.381 e. The fourth-order valence-corrected chi connectivity index (χ4v) is 4.27. The Balaban J connectivity index is 1.68. The van der Waals surface area contributed by atoms with Gasteiger partial charge in [0, 0.05) is 57.4 Å². The lowest BCUT2D eigenvalue weighted by atomic mass is 9.88. The van der Waals surface area contributed by atoms with Gasteiger partial charge in [0.15, 0.2) is 5.96 Å². The average Bonchev–Trinajstić information content (AvgIpc) is 2.76. The van der Waals surface area contributed by atoms with Crippen LogP contribution in [0.25, 0.3) is 0 Å². The summed E-state index contributed by atoms with van der Waals surface area (Å²) < 4.78 is 5.65. The Morgan fingerprint density at radius 3 is 2.70 bits per heavy atom. The number of hydrogen-bond donors (Lipinski definition) is 3. The molecule has 1 aromatic carbocycles. The van der Waals surface area contributed by atoms with Gasteiger partial charge in [-0.05, 0) is 38.7 Å². The number of guanidine groups is 1. The fourth-order valence-electron chi connectivity index (χ4n) is 4.27. The summed E-state index contributed by atoms with van der Waals surface area (Å²) in [6.45, 7) is 8.00. The average molecular weight is 416 g/mol. The lowest BCUT2D eigenvalue weighted by Gasteiger charge is -2.39. The standard InChI is InChI=1S/C23H37N5O2/c1-4-24-22(26-20-10-11-21(29)28(3)16-20)25-17-23(12-14-30-15-13-23)27-18(2)19-8-6-5-7-9-19/h5-9,18,20,27H,4,10-17H2,1-3H3,(H2,24,25,26). The Hall–Kier alpha value is -2.12. The molecule has 0 bridgehead atoms. The maximum Gasteiger partial charge on any atom is 0.222 e. The maximum absolute atomic E-state index is 11.8. The number of benzene rings is 1. The molecule has 0 aliphatic carbocycles. The summed E-state index contributed by atoms with van der Waals surface area (Å²) in [5.41, 5.74) is 1.20. The minimum absolute atomic E-state index is 0.0881. The second-order valence-corrected chi connectivity index (χ2v) is 8.52. The van der Waals surface area contributed by atoms with Gasteiger partial charge in [0.2, 0.25) is 5.91 Å². The van der Waals surface area contributed by atoms with E-state index in [0.29, 0.717) is 19.5 Å². The van der Waals surface area contributed by atoms with E-state index in [0.717, 1.165) is 45.0 Å². The van der Waals surface area contributed by atoms with Crippen molar-refractivity contribution in [3.63, 3.8) is 0 Å². The molecule has 0 spiro atoms. The van der Waals surface area contributed by atoms with Crippen LogP contribution in [0.5, 0.6) is 0 Å². The van der Waals surface area contributed by atoms with Crippen LogP contribution in [0.1, 0.15) is 51.1 Å². The van der Waals surface area contributed by atoms with E-state index < -0.39 is 0 Å². The maximum atomic E-state index is 11.8. The largest absolute Gasteiger partial charge is 0.381 e. The van der Waals surface area contributed by atoms with Crippen LogP contribution < -0.4 is 16.0 Å². The first kappa shape index (κ1) is 22.6. The molecule has 2 saturated heterocycles. The molecule has 2 fully saturated rings. The van der Waals surface area contributed by atoms with E-state index in [1.165, 1.54) is 5.56 Å². The van der Waals surface area contributed by atoms with E-state index in [-0.39, 0.29) is 23.5 Å².